The number of carbonyl (C=O) groups excluding carboxylic acids is 1. The lowest BCUT2D eigenvalue weighted by atomic mass is 10.1. The summed E-state index contributed by atoms with van der Waals surface area (Å²) in [5, 5.41) is 8.85. The summed E-state index contributed by atoms with van der Waals surface area (Å²) in [6.45, 7) is 7.06. The van der Waals surface area contributed by atoms with E-state index in [2.05, 4.69) is 0 Å². The van der Waals surface area contributed by atoms with E-state index in [-0.39, 0.29) is 29.2 Å². The van der Waals surface area contributed by atoms with Gasteiger partial charge in [0, 0.05) is 31.6 Å². The predicted octanol–water partition coefficient (Wildman–Crippen LogP) is 1.10. The van der Waals surface area contributed by atoms with E-state index < -0.39 is 6.09 Å². The second kappa shape index (κ2) is 3.62. The second-order valence-corrected chi connectivity index (χ2v) is 6.11. The summed E-state index contributed by atoms with van der Waals surface area (Å²) >= 11 is 0. The Morgan fingerprint density at radius 2 is 1.71 bits per heavy atom. The molecule has 0 bridgehead atoms. The Hall–Kier alpha value is -1.26. The van der Waals surface area contributed by atoms with Gasteiger partial charge in [-0.1, -0.05) is 0 Å². The van der Waals surface area contributed by atoms with Crippen LogP contribution in [0.25, 0.3) is 0 Å². The van der Waals surface area contributed by atoms with Crippen molar-refractivity contribution < 1.29 is 14.7 Å². The normalized spacial score (nSPS) is 31.1. The Labute approximate surface area is 101 Å². The lowest BCUT2D eigenvalue weighted by Gasteiger charge is -2.33. The third-order valence-corrected chi connectivity index (χ3v) is 4.09. The molecule has 3 atom stereocenters. The van der Waals surface area contributed by atoms with Gasteiger partial charge < -0.3 is 14.9 Å². The quantitative estimate of drug-likeness (QED) is 0.746. The van der Waals surface area contributed by atoms with E-state index in [1.807, 2.05) is 27.8 Å². The highest BCUT2D eigenvalue weighted by Gasteiger charge is 2.61. The molecule has 1 saturated heterocycles. The number of likely N-dealkylation sites (tertiary alicyclic amines) is 1. The number of rotatable bonds is 1. The zero-order valence-electron chi connectivity index (χ0n) is 10.8. The summed E-state index contributed by atoms with van der Waals surface area (Å²) in [6.07, 6.45) is -0.868. The van der Waals surface area contributed by atoms with Crippen LogP contribution in [0.5, 0.6) is 0 Å². The lowest BCUT2D eigenvalue weighted by molar-refractivity contribution is -0.136. The monoisotopic (exact) mass is 240 g/mol. The van der Waals surface area contributed by atoms with Gasteiger partial charge in [0.1, 0.15) is 0 Å². The highest BCUT2D eigenvalue weighted by Crippen LogP contribution is 2.52. The van der Waals surface area contributed by atoms with Crippen molar-refractivity contribution in [3.05, 3.63) is 0 Å². The maximum absolute atomic E-state index is 12.2. The van der Waals surface area contributed by atoms with E-state index in [0.29, 0.717) is 13.1 Å². The predicted molar refractivity (Wildman–Crippen MR) is 62.6 cm³/mol. The molecule has 0 aromatic heterocycles. The molecule has 17 heavy (non-hydrogen) atoms. The smallest absolute Gasteiger partial charge is 0.407 e. The Balaban J connectivity index is 1.94. The topological polar surface area (TPSA) is 60.9 Å². The summed E-state index contributed by atoms with van der Waals surface area (Å²) in [7, 11) is 1.82. The molecule has 0 spiro atoms. The minimum Gasteiger partial charge on any atom is -0.465 e. The fourth-order valence-electron chi connectivity index (χ4n) is 2.60. The number of carboxylic acid groups (broad SMARTS) is 1. The maximum Gasteiger partial charge on any atom is 0.407 e. The van der Waals surface area contributed by atoms with Crippen LogP contribution >= 0.6 is 0 Å². The number of nitrogens with zero attached hydrogens (tertiary/aromatic N) is 2. The van der Waals surface area contributed by atoms with E-state index in [0.717, 1.165) is 0 Å². The summed E-state index contributed by atoms with van der Waals surface area (Å²) in [5.41, 5.74) is -0.166. The first-order chi connectivity index (χ1) is 7.73. The first-order valence-corrected chi connectivity index (χ1v) is 5.99. The van der Waals surface area contributed by atoms with Crippen LogP contribution < -0.4 is 0 Å². The SMILES string of the molecule is CN(C(=O)C1[C@H]2CN(C(=O)O)C[C@@H]12)C(C)(C)C. The molecule has 0 radical (unpaired) electrons. The van der Waals surface area contributed by atoms with Gasteiger partial charge in [0.05, 0.1) is 0 Å². The van der Waals surface area contributed by atoms with E-state index >= 15 is 0 Å². The molecule has 1 unspecified atom stereocenters. The molecule has 2 fully saturated rings. The molecular formula is C12H20N2O3. The van der Waals surface area contributed by atoms with Crippen molar-refractivity contribution in [3.63, 3.8) is 0 Å². The van der Waals surface area contributed by atoms with Crippen molar-refractivity contribution in [1.29, 1.82) is 0 Å². The van der Waals surface area contributed by atoms with Gasteiger partial charge in [0.2, 0.25) is 5.91 Å². The number of piperidine rings is 1. The third-order valence-electron chi connectivity index (χ3n) is 4.09. The number of amides is 2. The van der Waals surface area contributed by atoms with Crippen LogP contribution in [-0.4, -0.2) is 52.6 Å². The number of fused-ring (bicyclic) bond motifs is 1. The Kier molecular flexibility index (Phi) is 2.60. The van der Waals surface area contributed by atoms with Gasteiger partial charge >= 0.3 is 6.09 Å². The zero-order chi connectivity index (χ0) is 13.0. The lowest BCUT2D eigenvalue weighted by Crippen LogP contribution is -2.44. The molecule has 5 nitrogen and oxygen atoms in total. The summed E-state index contributed by atoms with van der Waals surface area (Å²) < 4.78 is 0. The molecule has 2 aliphatic rings. The molecule has 1 aliphatic heterocycles. The largest absolute Gasteiger partial charge is 0.465 e. The van der Waals surface area contributed by atoms with Crippen molar-refractivity contribution in [2.24, 2.45) is 17.8 Å². The molecule has 1 saturated carbocycles. The number of carbonyl (C=O) groups is 2. The Morgan fingerprint density at radius 1 is 1.24 bits per heavy atom. The van der Waals surface area contributed by atoms with Crippen LogP contribution in [-0.2, 0) is 4.79 Å². The van der Waals surface area contributed by atoms with Crippen molar-refractivity contribution in [3.8, 4) is 0 Å². The van der Waals surface area contributed by atoms with Crippen molar-refractivity contribution in [1.82, 2.24) is 9.80 Å². The Bertz CT molecular complexity index is 349. The standard InChI is InChI=1S/C12H20N2O3/c1-12(2,3)13(4)10(15)9-7-5-14(11(16)17)6-8(7)9/h7-9H,5-6H2,1-4H3,(H,16,17)/t7-,8+,9?. The molecule has 5 heteroatoms. The molecular weight excluding hydrogens is 220 g/mol. The molecule has 1 heterocycles. The van der Waals surface area contributed by atoms with Crippen LogP contribution in [0.15, 0.2) is 0 Å². The second-order valence-electron chi connectivity index (χ2n) is 6.11. The van der Waals surface area contributed by atoms with E-state index in [4.69, 9.17) is 5.11 Å². The van der Waals surface area contributed by atoms with Gasteiger partial charge in [0.25, 0.3) is 0 Å². The van der Waals surface area contributed by atoms with E-state index in [9.17, 15) is 9.59 Å². The maximum atomic E-state index is 12.2. The minimum atomic E-state index is -0.868. The summed E-state index contributed by atoms with van der Waals surface area (Å²) in [6, 6.07) is 0. The minimum absolute atomic E-state index is 0.0508. The average molecular weight is 240 g/mol. The van der Waals surface area contributed by atoms with Gasteiger partial charge in [-0.25, -0.2) is 4.79 Å². The van der Waals surface area contributed by atoms with Gasteiger partial charge in [-0.05, 0) is 32.6 Å². The van der Waals surface area contributed by atoms with E-state index in [1.165, 1.54) is 4.90 Å². The average Bonchev–Trinajstić information content (AvgIpc) is 2.68. The number of hydrogen-bond acceptors (Lipinski definition) is 2. The third kappa shape index (κ3) is 1.98. The molecule has 2 rings (SSSR count). The first-order valence-electron chi connectivity index (χ1n) is 5.99. The fraction of sp³-hybridized carbons (Fsp3) is 0.833. The highest BCUT2D eigenvalue weighted by molar-refractivity contribution is 5.83. The molecule has 1 aliphatic carbocycles. The van der Waals surface area contributed by atoms with Crippen molar-refractivity contribution >= 4 is 12.0 Å². The van der Waals surface area contributed by atoms with Crippen LogP contribution in [0.1, 0.15) is 20.8 Å². The Morgan fingerprint density at radius 3 is 2.06 bits per heavy atom. The van der Waals surface area contributed by atoms with Crippen LogP contribution in [0.4, 0.5) is 4.79 Å². The van der Waals surface area contributed by atoms with Gasteiger partial charge in [-0.2, -0.15) is 0 Å². The van der Waals surface area contributed by atoms with Gasteiger partial charge in [-0.3, -0.25) is 4.79 Å². The molecule has 0 aromatic rings. The molecule has 0 aromatic carbocycles. The fourth-order valence-corrected chi connectivity index (χ4v) is 2.60. The highest BCUT2D eigenvalue weighted by atomic mass is 16.4. The van der Waals surface area contributed by atoms with Crippen LogP contribution in [0.3, 0.4) is 0 Å². The van der Waals surface area contributed by atoms with Crippen molar-refractivity contribution in [2.45, 2.75) is 26.3 Å². The summed E-state index contributed by atoms with van der Waals surface area (Å²) in [4.78, 5) is 26.2. The van der Waals surface area contributed by atoms with Gasteiger partial charge in [0.15, 0.2) is 0 Å². The molecule has 96 valence electrons. The van der Waals surface area contributed by atoms with Gasteiger partial charge in [-0.15, -0.1) is 0 Å². The molecule has 1 N–H and O–H groups in total. The zero-order valence-corrected chi connectivity index (χ0v) is 10.8. The van der Waals surface area contributed by atoms with E-state index in [1.54, 1.807) is 4.90 Å². The van der Waals surface area contributed by atoms with Crippen LogP contribution in [0, 0.1) is 17.8 Å². The van der Waals surface area contributed by atoms with Crippen molar-refractivity contribution in [2.75, 3.05) is 20.1 Å². The first kappa shape index (κ1) is 12.2. The van der Waals surface area contributed by atoms with Crippen LogP contribution in [0.2, 0.25) is 0 Å². The summed E-state index contributed by atoms with van der Waals surface area (Å²) in [5.74, 6) is 0.721. The molecule has 2 amide bonds. The number of hydrogen-bond donors (Lipinski definition) is 1.